The van der Waals surface area contributed by atoms with Gasteiger partial charge >= 0.3 is 12.0 Å². The fourth-order valence-electron chi connectivity index (χ4n) is 2.21. The summed E-state index contributed by atoms with van der Waals surface area (Å²) in [5.41, 5.74) is 0. The molecule has 114 valence electrons. The van der Waals surface area contributed by atoms with Crippen molar-refractivity contribution in [1.82, 2.24) is 15.5 Å². The van der Waals surface area contributed by atoms with E-state index in [0.29, 0.717) is 13.1 Å². The molecule has 1 aliphatic rings. The topological polar surface area (TPSA) is 87.7 Å². The number of esters is 1. The number of imide groups is 1. The summed E-state index contributed by atoms with van der Waals surface area (Å²) in [6, 6.07) is -0.474. The van der Waals surface area contributed by atoms with E-state index in [-0.39, 0.29) is 24.3 Å². The number of likely N-dealkylation sites (tertiary alicyclic amines) is 1. The molecule has 20 heavy (non-hydrogen) atoms. The van der Waals surface area contributed by atoms with Gasteiger partial charge in [-0.15, -0.1) is 0 Å². The predicted octanol–water partition coefficient (Wildman–Crippen LogP) is 0.107. The Labute approximate surface area is 119 Å². The van der Waals surface area contributed by atoms with Crippen LogP contribution in [0.15, 0.2) is 0 Å². The quantitative estimate of drug-likeness (QED) is 0.700. The summed E-state index contributed by atoms with van der Waals surface area (Å²) in [5, 5.41) is 4.85. The molecule has 1 atom stereocenters. The number of carbonyl (C=O) groups excluding carboxylic acids is 3. The highest BCUT2D eigenvalue weighted by Crippen LogP contribution is 2.17. The van der Waals surface area contributed by atoms with Crippen LogP contribution in [0.5, 0.6) is 0 Å². The van der Waals surface area contributed by atoms with Crippen molar-refractivity contribution in [2.75, 3.05) is 33.3 Å². The van der Waals surface area contributed by atoms with Crippen LogP contribution in [0.25, 0.3) is 0 Å². The van der Waals surface area contributed by atoms with E-state index >= 15 is 0 Å². The molecule has 1 fully saturated rings. The maximum atomic E-state index is 11.7. The molecular formula is C13H23N3O4. The van der Waals surface area contributed by atoms with E-state index in [0.717, 1.165) is 25.8 Å². The first-order valence-electron chi connectivity index (χ1n) is 6.94. The minimum absolute atomic E-state index is 0.118. The molecule has 0 aromatic carbocycles. The van der Waals surface area contributed by atoms with Gasteiger partial charge in [0, 0.05) is 13.1 Å². The van der Waals surface area contributed by atoms with Crippen LogP contribution in [-0.2, 0) is 14.3 Å². The van der Waals surface area contributed by atoms with Gasteiger partial charge in [-0.25, -0.2) is 4.79 Å². The first-order valence-corrected chi connectivity index (χ1v) is 6.94. The van der Waals surface area contributed by atoms with Gasteiger partial charge < -0.3 is 10.1 Å². The fraction of sp³-hybridized carbons (Fsp3) is 0.769. The maximum Gasteiger partial charge on any atom is 0.321 e. The van der Waals surface area contributed by atoms with E-state index in [9.17, 15) is 14.4 Å². The summed E-state index contributed by atoms with van der Waals surface area (Å²) < 4.78 is 4.72. The number of amides is 3. The Hall–Kier alpha value is -1.63. The van der Waals surface area contributed by atoms with Crippen LogP contribution < -0.4 is 10.6 Å². The Morgan fingerprint density at radius 1 is 1.35 bits per heavy atom. The number of hydrogen-bond donors (Lipinski definition) is 2. The average molecular weight is 285 g/mol. The molecule has 1 heterocycles. The monoisotopic (exact) mass is 285 g/mol. The molecule has 0 bridgehead atoms. The van der Waals surface area contributed by atoms with Crippen molar-refractivity contribution in [1.29, 1.82) is 0 Å². The number of methoxy groups -OCH3 is 1. The molecule has 2 N–H and O–H groups in total. The third-order valence-corrected chi connectivity index (χ3v) is 3.20. The van der Waals surface area contributed by atoms with Gasteiger partial charge in [-0.2, -0.15) is 0 Å². The zero-order valence-corrected chi connectivity index (χ0v) is 12.1. The summed E-state index contributed by atoms with van der Waals surface area (Å²) in [5.74, 6) is -0.782. The van der Waals surface area contributed by atoms with E-state index in [1.165, 1.54) is 7.11 Å². The maximum absolute atomic E-state index is 11.7. The van der Waals surface area contributed by atoms with Gasteiger partial charge in [0.05, 0.1) is 19.6 Å². The molecule has 0 aliphatic carbocycles. The highest BCUT2D eigenvalue weighted by molar-refractivity contribution is 5.95. The minimum atomic E-state index is -0.474. The SMILES string of the molecule is CCCNC(=O)NC(=O)CN1CCCC(C(=O)OC)C1. The van der Waals surface area contributed by atoms with Crippen LogP contribution in [0.3, 0.4) is 0 Å². The number of hydrogen-bond acceptors (Lipinski definition) is 5. The highest BCUT2D eigenvalue weighted by Gasteiger charge is 2.27. The van der Waals surface area contributed by atoms with Crippen LogP contribution in [0.1, 0.15) is 26.2 Å². The van der Waals surface area contributed by atoms with Crippen LogP contribution in [0, 0.1) is 5.92 Å². The van der Waals surface area contributed by atoms with Crippen molar-refractivity contribution in [3.05, 3.63) is 0 Å². The van der Waals surface area contributed by atoms with Crippen molar-refractivity contribution >= 4 is 17.9 Å². The van der Waals surface area contributed by atoms with E-state index in [1.54, 1.807) is 0 Å². The lowest BCUT2D eigenvalue weighted by Gasteiger charge is -2.30. The molecule has 0 aromatic heterocycles. The molecule has 3 amide bonds. The zero-order chi connectivity index (χ0) is 15.0. The molecule has 0 radical (unpaired) electrons. The summed E-state index contributed by atoms with van der Waals surface area (Å²) >= 11 is 0. The molecule has 1 unspecified atom stereocenters. The van der Waals surface area contributed by atoms with Crippen molar-refractivity contribution in [2.24, 2.45) is 5.92 Å². The molecule has 0 saturated carbocycles. The summed E-state index contributed by atoms with van der Waals surface area (Å²) in [7, 11) is 1.37. The van der Waals surface area contributed by atoms with Gasteiger partial charge in [-0.05, 0) is 25.8 Å². The predicted molar refractivity (Wildman–Crippen MR) is 73.0 cm³/mol. The lowest BCUT2D eigenvalue weighted by Crippen LogP contribution is -2.47. The Bertz CT molecular complexity index is 360. The molecule has 7 nitrogen and oxygen atoms in total. The van der Waals surface area contributed by atoms with E-state index in [2.05, 4.69) is 10.6 Å². The van der Waals surface area contributed by atoms with E-state index in [4.69, 9.17) is 4.74 Å². The molecule has 1 rings (SSSR count). The van der Waals surface area contributed by atoms with Gasteiger partial charge in [0.1, 0.15) is 0 Å². The lowest BCUT2D eigenvalue weighted by molar-refractivity contribution is -0.147. The Kier molecular flexibility index (Phi) is 7.00. The molecule has 1 aliphatic heterocycles. The number of urea groups is 1. The number of piperidine rings is 1. The Morgan fingerprint density at radius 3 is 2.75 bits per heavy atom. The third kappa shape index (κ3) is 5.56. The Morgan fingerprint density at radius 2 is 2.10 bits per heavy atom. The number of ether oxygens (including phenoxy) is 1. The van der Waals surface area contributed by atoms with E-state index in [1.807, 2.05) is 11.8 Å². The second-order valence-corrected chi connectivity index (χ2v) is 4.90. The van der Waals surface area contributed by atoms with Crippen LogP contribution in [-0.4, -0.2) is 56.1 Å². The van der Waals surface area contributed by atoms with E-state index < -0.39 is 6.03 Å². The second kappa shape index (κ2) is 8.52. The standard InChI is InChI=1S/C13H23N3O4/c1-3-6-14-13(19)15-11(17)9-16-7-4-5-10(8-16)12(18)20-2/h10H,3-9H2,1-2H3,(H2,14,15,17,19). The second-order valence-electron chi connectivity index (χ2n) is 4.90. The van der Waals surface area contributed by atoms with Gasteiger partial charge in [0.15, 0.2) is 0 Å². The molecule has 0 spiro atoms. The van der Waals surface area contributed by atoms with Crippen LogP contribution >= 0.6 is 0 Å². The molecule has 7 heteroatoms. The van der Waals surface area contributed by atoms with Gasteiger partial charge in [0.2, 0.25) is 5.91 Å². The highest BCUT2D eigenvalue weighted by atomic mass is 16.5. The van der Waals surface area contributed by atoms with Gasteiger partial charge in [-0.3, -0.25) is 19.8 Å². The van der Waals surface area contributed by atoms with Crippen molar-refractivity contribution in [2.45, 2.75) is 26.2 Å². The van der Waals surface area contributed by atoms with Crippen molar-refractivity contribution < 1.29 is 19.1 Å². The van der Waals surface area contributed by atoms with Crippen molar-refractivity contribution in [3.63, 3.8) is 0 Å². The molecule has 1 saturated heterocycles. The van der Waals surface area contributed by atoms with Crippen molar-refractivity contribution in [3.8, 4) is 0 Å². The summed E-state index contributed by atoms with van der Waals surface area (Å²) in [4.78, 5) is 36.4. The normalized spacial score (nSPS) is 19.2. The number of rotatable bonds is 5. The fourth-order valence-corrected chi connectivity index (χ4v) is 2.21. The average Bonchev–Trinajstić information content (AvgIpc) is 2.44. The molecular weight excluding hydrogens is 262 g/mol. The van der Waals surface area contributed by atoms with Gasteiger partial charge in [0.25, 0.3) is 0 Å². The first-order chi connectivity index (χ1) is 9.56. The smallest absolute Gasteiger partial charge is 0.321 e. The minimum Gasteiger partial charge on any atom is -0.469 e. The number of carbonyl (C=O) groups is 3. The largest absolute Gasteiger partial charge is 0.469 e. The Balaban J connectivity index is 2.34. The van der Waals surface area contributed by atoms with Crippen LogP contribution in [0.2, 0.25) is 0 Å². The number of nitrogens with zero attached hydrogens (tertiary/aromatic N) is 1. The van der Waals surface area contributed by atoms with Crippen LogP contribution in [0.4, 0.5) is 4.79 Å². The molecule has 0 aromatic rings. The lowest BCUT2D eigenvalue weighted by atomic mass is 9.98. The third-order valence-electron chi connectivity index (χ3n) is 3.20. The summed E-state index contributed by atoms with van der Waals surface area (Å²) in [6.45, 7) is 3.83. The van der Waals surface area contributed by atoms with Gasteiger partial charge in [-0.1, -0.05) is 6.92 Å². The zero-order valence-electron chi connectivity index (χ0n) is 12.1. The first kappa shape index (κ1) is 16.4. The summed E-state index contributed by atoms with van der Waals surface area (Å²) in [6.07, 6.45) is 2.44. The number of nitrogens with one attached hydrogen (secondary N) is 2.